The van der Waals surface area contributed by atoms with Crippen molar-refractivity contribution in [3.8, 4) is 0 Å². The molecule has 0 aliphatic carbocycles. The Morgan fingerprint density at radius 3 is 1.35 bits per heavy atom. The number of nitrogens with one attached hydrogen (secondary N) is 1. The van der Waals surface area contributed by atoms with Gasteiger partial charge in [0.15, 0.2) is 0 Å². The number of carbonyl (C=O) groups excluding carboxylic acids is 2. The van der Waals surface area contributed by atoms with Crippen LogP contribution in [0.5, 0.6) is 0 Å². The second-order valence-electron chi connectivity index (χ2n) is 5.07. The van der Waals surface area contributed by atoms with Crippen molar-refractivity contribution in [1.82, 2.24) is 20.0 Å². The lowest BCUT2D eigenvalue weighted by atomic mass is 10.3. The zero-order chi connectivity index (χ0) is 18.3. The molecule has 0 spiro atoms. The molecule has 23 heavy (non-hydrogen) atoms. The van der Waals surface area contributed by atoms with E-state index < -0.39 is 0 Å². The first kappa shape index (κ1) is 24.1. The molecule has 0 aromatic rings. The monoisotopic (exact) mass is 330 g/mol. The number of hydrogen-bond acceptors (Lipinski definition) is 4. The molecule has 0 bridgehead atoms. The fraction of sp³-hybridized carbons (Fsp3) is 0.882. The van der Waals surface area contributed by atoms with Crippen LogP contribution in [-0.2, 0) is 9.59 Å². The molecule has 2 rings (SSSR count). The van der Waals surface area contributed by atoms with E-state index in [1.54, 1.807) is 13.8 Å². The van der Waals surface area contributed by atoms with Gasteiger partial charge in [0, 0.05) is 66.2 Å². The summed E-state index contributed by atoms with van der Waals surface area (Å²) in [6.45, 7) is 18.7. The second-order valence-corrected chi connectivity index (χ2v) is 5.07. The van der Waals surface area contributed by atoms with Crippen LogP contribution < -0.4 is 5.32 Å². The average molecular weight is 331 g/mol. The molecule has 2 aliphatic heterocycles. The van der Waals surface area contributed by atoms with Crippen LogP contribution in [0.1, 0.15) is 41.5 Å². The van der Waals surface area contributed by atoms with E-state index in [4.69, 9.17) is 0 Å². The maximum absolute atomic E-state index is 10.8. The Morgan fingerprint density at radius 1 is 0.696 bits per heavy atom. The standard InChI is InChI=1S/C7H14N2O.C6H12N2O.2C2H6/c1-7(10)9-5-3-8(2)4-6-9;1-6(9)8-4-2-7-3-5-8;2*1-2/h3-6H2,1-2H3;7H,2-5H2,1H3;2*1-2H3. The summed E-state index contributed by atoms with van der Waals surface area (Å²) in [7, 11) is 2.08. The van der Waals surface area contributed by atoms with Crippen molar-refractivity contribution in [2.24, 2.45) is 0 Å². The third kappa shape index (κ3) is 12.0. The van der Waals surface area contributed by atoms with Crippen LogP contribution in [0, 0.1) is 0 Å². The van der Waals surface area contributed by atoms with Crippen molar-refractivity contribution in [2.75, 3.05) is 59.4 Å². The molecule has 0 aromatic heterocycles. The number of amides is 2. The van der Waals surface area contributed by atoms with Gasteiger partial charge in [-0.1, -0.05) is 27.7 Å². The predicted molar refractivity (Wildman–Crippen MR) is 97.6 cm³/mol. The van der Waals surface area contributed by atoms with E-state index in [1.807, 2.05) is 37.5 Å². The van der Waals surface area contributed by atoms with Gasteiger partial charge < -0.3 is 20.0 Å². The van der Waals surface area contributed by atoms with Gasteiger partial charge >= 0.3 is 0 Å². The molecule has 0 atom stereocenters. The summed E-state index contributed by atoms with van der Waals surface area (Å²) in [6.07, 6.45) is 0. The Bertz CT molecular complexity index is 297. The molecule has 2 amide bonds. The molecule has 0 unspecified atom stereocenters. The largest absolute Gasteiger partial charge is 0.340 e. The molecule has 1 N–H and O–H groups in total. The lowest BCUT2D eigenvalue weighted by molar-refractivity contribution is -0.130. The first-order valence-electron chi connectivity index (χ1n) is 8.91. The molecule has 2 saturated heterocycles. The van der Waals surface area contributed by atoms with Gasteiger partial charge in [0.05, 0.1) is 0 Å². The van der Waals surface area contributed by atoms with Crippen LogP contribution in [0.4, 0.5) is 0 Å². The van der Waals surface area contributed by atoms with Crippen LogP contribution in [0.2, 0.25) is 0 Å². The van der Waals surface area contributed by atoms with E-state index in [-0.39, 0.29) is 11.8 Å². The van der Waals surface area contributed by atoms with Crippen molar-refractivity contribution in [2.45, 2.75) is 41.5 Å². The highest BCUT2D eigenvalue weighted by Gasteiger charge is 2.14. The number of piperazine rings is 2. The molecule has 0 saturated carbocycles. The molecular weight excluding hydrogens is 292 g/mol. The van der Waals surface area contributed by atoms with Crippen LogP contribution in [0.25, 0.3) is 0 Å². The summed E-state index contributed by atoms with van der Waals surface area (Å²) in [5.74, 6) is 0.393. The smallest absolute Gasteiger partial charge is 0.219 e. The number of rotatable bonds is 0. The average Bonchev–Trinajstić information content (AvgIpc) is 2.60. The Balaban J connectivity index is 0. The van der Waals surface area contributed by atoms with Gasteiger partial charge in [0.25, 0.3) is 0 Å². The van der Waals surface area contributed by atoms with Crippen LogP contribution in [0.15, 0.2) is 0 Å². The minimum atomic E-state index is 0.191. The minimum absolute atomic E-state index is 0.191. The lowest BCUT2D eigenvalue weighted by Crippen LogP contribution is -2.46. The van der Waals surface area contributed by atoms with E-state index >= 15 is 0 Å². The molecule has 2 aliphatic rings. The highest BCUT2D eigenvalue weighted by atomic mass is 16.2. The zero-order valence-electron chi connectivity index (χ0n) is 16.3. The topological polar surface area (TPSA) is 55.9 Å². The fourth-order valence-corrected chi connectivity index (χ4v) is 2.10. The SMILES string of the molecule is CC.CC.CC(=O)N1CCN(C)CC1.CC(=O)N1CCNCC1. The Hall–Kier alpha value is -1.14. The first-order valence-corrected chi connectivity index (χ1v) is 8.91. The van der Waals surface area contributed by atoms with Crippen molar-refractivity contribution in [3.63, 3.8) is 0 Å². The quantitative estimate of drug-likeness (QED) is 0.727. The Labute approximate surface area is 143 Å². The third-order valence-electron chi connectivity index (χ3n) is 3.51. The molecule has 0 radical (unpaired) electrons. The maximum atomic E-state index is 10.8. The van der Waals surface area contributed by atoms with Crippen LogP contribution in [-0.4, -0.2) is 85.9 Å². The summed E-state index contributed by atoms with van der Waals surface area (Å²) in [5.41, 5.74) is 0. The maximum Gasteiger partial charge on any atom is 0.219 e. The summed E-state index contributed by atoms with van der Waals surface area (Å²) in [5, 5.41) is 3.18. The summed E-state index contributed by atoms with van der Waals surface area (Å²) >= 11 is 0. The number of hydrogen-bond donors (Lipinski definition) is 1. The second kappa shape index (κ2) is 15.7. The number of carbonyl (C=O) groups is 2. The fourth-order valence-electron chi connectivity index (χ4n) is 2.10. The van der Waals surface area contributed by atoms with Crippen LogP contribution in [0.3, 0.4) is 0 Å². The van der Waals surface area contributed by atoms with E-state index in [9.17, 15) is 9.59 Å². The van der Waals surface area contributed by atoms with Gasteiger partial charge in [-0.25, -0.2) is 0 Å². The third-order valence-corrected chi connectivity index (χ3v) is 3.51. The number of likely N-dealkylation sites (N-methyl/N-ethyl adjacent to an activating group) is 1. The van der Waals surface area contributed by atoms with Gasteiger partial charge in [-0.2, -0.15) is 0 Å². The highest BCUT2D eigenvalue weighted by Crippen LogP contribution is 1.98. The van der Waals surface area contributed by atoms with E-state index in [0.29, 0.717) is 0 Å². The Kier molecular flexibility index (Phi) is 16.5. The summed E-state index contributed by atoms with van der Waals surface area (Å²) in [6, 6.07) is 0. The first-order chi connectivity index (χ1) is 11.0. The molecule has 2 fully saturated rings. The molecular formula is C17H38N4O2. The van der Waals surface area contributed by atoms with E-state index in [2.05, 4.69) is 17.3 Å². The molecule has 2 heterocycles. The Morgan fingerprint density at radius 2 is 1.04 bits per heavy atom. The summed E-state index contributed by atoms with van der Waals surface area (Å²) in [4.78, 5) is 27.5. The summed E-state index contributed by atoms with van der Waals surface area (Å²) < 4.78 is 0. The predicted octanol–water partition coefficient (Wildman–Crippen LogP) is 1.27. The zero-order valence-corrected chi connectivity index (χ0v) is 16.3. The molecule has 6 nitrogen and oxygen atoms in total. The van der Waals surface area contributed by atoms with Crippen molar-refractivity contribution >= 4 is 11.8 Å². The van der Waals surface area contributed by atoms with Gasteiger partial charge in [-0.15, -0.1) is 0 Å². The molecule has 0 aromatic carbocycles. The van der Waals surface area contributed by atoms with Gasteiger partial charge in [-0.3, -0.25) is 9.59 Å². The van der Waals surface area contributed by atoms with Crippen molar-refractivity contribution in [3.05, 3.63) is 0 Å². The number of nitrogens with zero attached hydrogens (tertiary/aromatic N) is 3. The molecule has 138 valence electrons. The van der Waals surface area contributed by atoms with E-state index in [0.717, 1.165) is 52.4 Å². The minimum Gasteiger partial charge on any atom is -0.340 e. The highest BCUT2D eigenvalue weighted by molar-refractivity contribution is 5.73. The van der Waals surface area contributed by atoms with Gasteiger partial charge in [0.2, 0.25) is 11.8 Å². The van der Waals surface area contributed by atoms with Crippen molar-refractivity contribution < 1.29 is 9.59 Å². The lowest BCUT2D eigenvalue weighted by Gasteiger charge is -2.31. The van der Waals surface area contributed by atoms with Crippen molar-refractivity contribution in [1.29, 1.82) is 0 Å². The molecule has 6 heteroatoms. The normalized spacial score (nSPS) is 17.5. The van der Waals surface area contributed by atoms with Gasteiger partial charge in [0.1, 0.15) is 0 Å². The van der Waals surface area contributed by atoms with E-state index in [1.165, 1.54) is 0 Å². The van der Waals surface area contributed by atoms with Crippen LogP contribution >= 0.6 is 0 Å². The van der Waals surface area contributed by atoms with Gasteiger partial charge in [-0.05, 0) is 7.05 Å².